The molecule has 2 rings (SSSR count). The molecule has 1 fully saturated rings. The number of carbonyl (C=O) groups excluding carboxylic acids is 2. The van der Waals surface area contributed by atoms with E-state index in [2.05, 4.69) is 21.2 Å². The molecule has 0 saturated carbocycles. The molecule has 0 aliphatic carbocycles. The smallest absolute Gasteiger partial charge is 0.234 e. The van der Waals surface area contributed by atoms with E-state index < -0.39 is 26.7 Å². The molecule has 0 radical (unpaired) electrons. The van der Waals surface area contributed by atoms with Crippen molar-refractivity contribution in [2.24, 2.45) is 0 Å². The zero-order chi connectivity index (χ0) is 20.0. The fourth-order valence-electron chi connectivity index (χ4n) is 3.11. The first kappa shape index (κ1) is 21.7. The van der Waals surface area contributed by atoms with Gasteiger partial charge in [0.2, 0.25) is 11.8 Å². The summed E-state index contributed by atoms with van der Waals surface area (Å²) in [6, 6.07) is 5.71. The number of amides is 2. The normalized spacial score (nSPS) is 15.4. The van der Waals surface area contributed by atoms with E-state index in [1.54, 1.807) is 12.0 Å². The van der Waals surface area contributed by atoms with Gasteiger partial charge in [0.15, 0.2) is 9.84 Å². The van der Waals surface area contributed by atoms with Gasteiger partial charge in [-0.05, 0) is 52.9 Å². The molecule has 1 saturated heterocycles. The predicted octanol–water partition coefficient (Wildman–Crippen LogP) is 1.54. The first-order valence-corrected chi connectivity index (χ1v) is 11.3. The van der Waals surface area contributed by atoms with E-state index in [0.29, 0.717) is 38.8 Å². The highest BCUT2D eigenvalue weighted by Crippen LogP contribution is 2.26. The number of benzene rings is 1. The van der Waals surface area contributed by atoms with Crippen LogP contribution in [-0.4, -0.2) is 63.4 Å². The lowest BCUT2D eigenvalue weighted by molar-refractivity contribution is -0.132. The van der Waals surface area contributed by atoms with Crippen molar-refractivity contribution in [2.45, 2.75) is 30.9 Å². The fraction of sp³-hybridized carbons (Fsp3) is 0.556. The predicted molar refractivity (Wildman–Crippen MR) is 106 cm³/mol. The Morgan fingerprint density at radius 2 is 1.96 bits per heavy atom. The minimum Gasteiger partial charge on any atom is -0.496 e. The summed E-state index contributed by atoms with van der Waals surface area (Å²) in [6.07, 6.45) is 1.73. The molecule has 150 valence electrons. The van der Waals surface area contributed by atoms with Gasteiger partial charge in [0.1, 0.15) is 11.5 Å². The van der Waals surface area contributed by atoms with E-state index in [-0.39, 0.29) is 5.91 Å². The van der Waals surface area contributed by atoms with E-state index in [0.717, 1.165) is 15.8 Å². The Morgan fingerprint density at radius 3 is 2.52 bits per heavy atom. The topological polar surface area (TPSA) is 92.8 Å². The number of nitrogens with zero attached hydrogens (tertiary/aromatic N) is 1. The molecule has 0 bridgehead atoms. The second-order valence-electron chi connectivity index (χ2n) is 6.53. The molecule has 0 aromatic heterocycles. The molecular weight excluding hydrogens is 436 g/mol. The molecule has 1 aliphatic rings. The van der Waals surface area contributed by atoms with Crippen LogP contribution >= 0.6 is 15.9 Å². The van der Waals surface area contributed by atoms with Gasteiger partial charge in [0.25, 0.3) is 0 Å². The van der Waals surface area contributed by atoms with Gasteiger partial charge < -0.3 is 15.0 Å². The molecule has 0 unspecified atom stereocenters. The summed E-state index contributed by atoms with van der Waals surface area (Å²) in [5, 5.41) is 1.78. The number of halogens is 1. The lowest BCUT2D eigenvalue weighted by Gasteiger charge is -2.31. The van der Waals surface area contributed by atoms with Gasteiger partial charge in [-0.3, -0.25) is 9.59 Å². The SMILES string of the molecule is CNC(=O)CS(=O)(=O)C1CCN(C(=O)CCc2ccc(OC)c(Br)c2)CC1. The van der Waals surface area contributed by atoms with Gasteiger partial charge in [-0.2, -0.15) is 0 Å². The number of sulfone groups is 1. The first-order chi connectivity index (χ1) is 12.8. The van der Waals surface area contributed by atoms with Gasteiger partial charge in [0.05, 0.1) is 16.8 Å². The second-order valence-corrected chi connectivity index (χ2v) is 9.66. The summed E-state index contributed by atoms with van der Waals surface area (Å²) in [4.78, 5) is 25.5. The largest absolute Gasteiger partial charge is 0.496 e. The van der Waals surface area contributed by atoms with Crippen LogP contribution in [0, 0.1) is 0 Å². The van der Waals surface area contributed by atoms with Crippen molar-refractivity contribution < 1.29 is 22.7 Å². The molecule has 27 heavy (non-hydrogen) atoms. The van der Waals surface area contributed by atoms with Crippen LogP contribution in [-0.2, 0) is 25.8 Å². The number of piperidine rings is 1. The highest BCUT2D eigenvalue weighted by molar-refractivity contribution is 9.10. The fourth-order valence-corrected chi connectivity index (χ4v) is 5.37. The van der Waals surface area contributed by atoms with Crippen LogP contribution in [0.3, 0.4) is 0 Å². The number of methoxy groups -OCH3 is 1. The summed E-state index contributed by atoms with van der Waals surface area (Å²) in [5.41, 5.74) is 1.03. The molecular formula is C18H25BrN2O5S. The van der Waals surface area contributed by atoms with Crippen molar-refractivity contribution >= 4 is 37.6 Å². The number of nitrogens with one attached hydrogen (secondary N) is 1. The van der Waals surface area contributed by atoms with E-state index in [1.165, 1.54) is 7.05 Å². The Morgan fingerprint density at radius 1 is 1.30 bits per heavy atom. The van der Waals surface area contributed by atoms with Crippen LogP contribution in [0.5, 0.6) is 5.75 Å². The van der Waals surface area contributed by atoms with E-state index in [4.69, 9.17) is 4.74 Å². The second kappa shape index (κ2) is 9.54. The van der Waals surface area contributed by atoms with Crippen LogP contribution in [0.15, 0.2) is 22.7 Å². The van der Waals surface area contributed by atoms with Crippen LogP contribution < -0.4 is 10.1 Å². The molecule has 7 nitrogen and oxygen atoms in total. The van der Waals surface area contributed by atoms with Crippen molar-refractivity contribution in [2.75, 3.05) is 33.0 Å². The molecule has 1 heterocycles. The monoisotopic (exact) mass is 460 g/mol. The molecule has 1 aromatic carbocycles. The maximum Gasteiger partial charge on any atom is 0.234 e. The van der Waals surface area contributed by atoms with Gasteiger partial charge in [-0.1, -0.05) is 6.07 Å². The average Bonchev–Trinajstić information content (AvgIpc) is 2.65. The van der Waals surface area contributed by atoms with Crippen LogP contribution in [0.25, 0.3) is 0 Å². The van der Waals surface area contributed by atoms with Crippen LogP contribution in [0.4, 0.5) is 0 Å². The summed E-state index contributed by atoms with van der Waals surface area (Å²) in [6.45, 7) is 0.811. The quantitative estimate of drug-likeness (QED) is 0.665. The number of ether oxygens (including phenoxy) is 1. The number of hydrogen-bond donors (Lipinski definition) is 1. The molecule has 9 heteroatoms. The molecule has 1 aliphatic heterocycles. The number of hydrogen-bond acceptors (Lipinski definition) is 5. The highest BCUT2D eigenvalue weighted by atomic mass is 79.9. The number of aryl methyl sites for hydroxylation is 1. The highest BCUT2D eigenvalue weighted by Gasteiger charge is 2.32. The van der Waals surface area contributed by atoms with Crippen LogP contribution in [0.1, 0.15) is 24.8 Å². The zero-order valence-corrected chi connectivity index (χ0v) is 17.9. The molecule has 0 spiro atoms. The summed E-state index contributed by atoms with van der Waals surface area (Å²) in [7, 11) is -0.461. The van der Waals surface area contributed by atoms with E-state index >= 15 is 0 Å². The molecule has 0 atom stereocenters. The third-order valence-electron chi connectivity index (χ3n) is 4.76. The zero-order valence-electron chi connectivity index (χ0n) is 15.5. The van der Waals surface area contributed by atoms with E-state index in [1.807, 2.05) is 18.2 Å². The Hall–Kier alpha value is -1.61. The Kier molecular flexibility index (Phi) is 7.67. The third-order valence-corrected chi connectivity index (χ3v) is 7.53. The van der Waals surface area contributed by atoms with Crippen molar-refractivity contribution in [1.29, 1.82) is 0 Å². The first-order valence-electron chi connectivity index (χ1n) is 8.79. The van der Waals surface area contributed by atoms with Gasteiger partial charge in [-0.25, -0.2) is 8.42 Å². The van der Waals surface area contributed by atoms with Gasteiger partial charge in [-0.15, -0.1) is 0 Å². The minimum absolute atomic E-state index is 0.0177. The maximum absolute atomic E-state index is 12.4. The molecule has 1 aromatic rings. The average molecular weight is 461 g/mol. The lowest BCUT2D eigenvalue weighted by atomic mass is 10.1. The van der Waals surface area contributed by atoms with Crippen molar-refractivity contribution in [1.82, 2.24) is 10.2 Å². The third kappa shape index (κ3) is 5.93. The van der Waals surface area contributed by atoms with Crippen LogP contribution in [0.2, 0.25) is 0 Å². The summed E-state index contributed by atoms with van der Waals surface area (Å²) in [5.74, 6) is -0.234. The van der Waals surface area contributed by atoms with Crippen molar-refractivity contribution in [3.05, 3.63) is 28.2 Å². The Bertz CT molecular complexity index is 789. The van der Waals surface area contributed by atoms with Gasteiger partial charge in [0, 0.05) is 26.6 Å². The molecule has 1 N–H and O–H groups in total. The summed E-state index contributed by atoms with van der Waals surface area (Å²) >= 11 is 3.43. The van der Waals surface area contributed by atoms with Crippen molar-refractivity contribution in [3.8, 4) is 5.75 Å². The minimum atomic E-state index is -3.48. The molecule has 2 amide bonds. The maximum atomic E-state index is 12.4. The standard InChI is InChI=1S/C18H25BrN2O5S/c1-20-17(22)12-27(24,25)14-7-9-21(10-8-14)18(23)6-4-13-3-5-16(26-2)15(19)11-13/h3,5,11,14H,4,6-10,12H2,1-2H3,(H,20,22). The van der Waals surface area contributed by atoms with Gasteiger partial charge >= 0.3 is 0 Å². The number of rotatable bonds is 7. The lowest BCUT2D eigenvalue weighted by Crippen LogP contribution is -2.44. The van der Waals surface area contributed by atoms with Crippen molar-refractivity contribution in [3.63, 3.8) is 0 Å². The Balaban J connectivity index is 1.84. The summed E-state index contributed by atoms with van der Waals surface area (Å²) < 4.78 is 30.5. The van der Waals surface area contributed by atoms with E-state index in [9.17, 15) is 18.0 Å². The Labute approximate surface area is 168 Å². The number of likely N-dealkylation sites (tertiary alicyclic amines) is 1. The number of carbonyl (C=O) groups is 2.